The maximum Gasteiger partial charge on any atom is 0.377 e. The van der Waals surface area contributed by atoms with Crippen LogP contribution >= 0.6 is 6.72 Å². The lowest BCUT2D eigenvalue weighted by atomic mass is 10.5. The molecule has 0 aliphatic heterocycles. The zero-order valence-electron chi connectivity index (χ0n) is 7.83. The van der Waals surface area contributed by atoms with E-state index in [2.05, 4.69) is 31.4 Å². The van der Waals surface area contributed by atoms with E-state index in [1.165, 1.54) is 11.0 Å². The smallest absolute Gasteiger partial charge is 0.377 e. The van der Waals surface area contributed by atoms with Gasteiger partial charge in [0.05, 0.1) is 0 Å². The van der Waals surface area contributed by atoms with Crippen LogP contribution in [0.5, 0.6) is 6.01 Å². The highest BCUT2D eigenvalue weighted by Gasteiger charge is 2.14. The highest BCUT2D eigenvalue weighted by Crippen LogP contribution is 2.35. The molecule has 84 valence electrons. The summed E-state index contributed by atoms with van der Waals surface area (Å²) < 4.78 is 5.90. The predicted molar refractivity (Wildman–Crippen MR) is 58.5 cm³/mol. The summed E-state index contributed by atoms with van der Waals surface area (Å²) in [5, 5.41) is 3.83. The Morgan fingerprint density at radius 2 is 2.12 bits per heavy atom. The first-order chi connectivity index (χ1) is 7.54. The Morgan fingerprint density at radius 1 is 1.31 bits per heavy atom. The van der Waals surface area contributed by atoms with Crippen molar-refractivity contribution >= 4 is 18.5 Å². The lowest BCUT2D eigenvalue weighted by Crippen LogP contribution is -1.98. The van der Waals surface area contributed by atoms with Gasteiger partial charge in [0.15, 0.2) is 5.82 Å². The van der Waals surface area contributed by atoms with Gasteiger partial charge in [0, 0.05) is 18.0 Å². The summed E-state index contributed by atoms with van der Waals surface area (Å²) in [6.07, 6.45) is 2.93. The minimum absolute atomic E-state index is 0.195. The highest BCUT2D eigenvalue weighted by molar-refractivity contribution is 8.06. The fraction of sp³-hybridized carbons (Fsp3) is 0. The fourth-order valence-electron chi connectivity index (χ4n) is 0.996. The summed E-state index contributed by atoms with van der Waals surface area (Å²) >= 11 is 4.29. The number of hydrogen-bond donors (Lipinski definition) is 2. The minimum atomic E-state index is -3.79. The molecule has 0 aliphatic rings. The first-order valence-corrected chi connectivity index (χ1v) is 6.75. The molecular formula is C7H7N4O3PS. The van der Waals surface area contributed by atoms with Gasteiger partial charge in [-0.2, -0.15) is 9.67 Å². The van der Waals surface area contributed by atoms with E-state index in [1.54, 1.807) is 24.4 Å². The quantitative estimate of drug-likeness (QED) is 0.762. The van der Waals surface area contributed by atoms with Gasteiger partial charge in [0.25, 0.3) is 0 Å². The van der Waals surface area contributed by atoms with Crippen LogP contribution in [0.4, 0.5) is 0 Å². The number of pyridine rings is 1. The van der Waals surface area contributed by atoms with Gasteiger partial charge in [-0.1, -0.05) is 6.07 Å². The maximum atomic E-state index is 8.91. The molecule has 0 saturated heterocycles. The van der Waals surface area contributed by atoms with Crippen molar-refractivity contribution in [3.8, 4) is 11.8 Å². The summed E-state index contributed by atoms with van der Waals surface area (Å²) in [6.45, 7) is -3.79. The molecule has 16 heavy (non-hydrogen) atoms. The molecule has 0 unspecified atom stereocenters. The van der Waals surface area contributed by atoms with Crippen LogP contribution in [0.3, 0.4) is 0 Å². The predicted octanol–water partition coefficient (Wildman–Crippen LogP) is 0.250. The van der Waals surface area contributed by atoms with Crippen LogP contribution in [0.25, 0.3) is 5.82 Å². The molecule has 0 aliphatic carbocycles. The van der Waals surface area contributed by atoms with Gasteiger partial charge in [-0.05, 0) is 12.1 Å². The Labute approximate surface area is 95.6 Å². The molecule has 0 radical (unpaired) electrons. The second kappa shape index (κ2) is 4.26. The van der Waals surface area contributed by atoms with E-state index in [4.69, 9.17) is 9.79 Å². The van der Waals surface area contributed by atoms with Crippen LogP contribution < -0.4 is 4.52 Å². The van der Waals surface area contributed by atoms with Gasteiger partial charge in [0.1, 0.15) is 6.33 Å². The summed E-state index contributed by atoms with van der Waals surface area (Å²) in [7, 11) is 0. The first-order valence-electron chi connectivity index (χ1n) is 4.13. The first kappa shape index (κ1) is 11.2. The van der Waals surface area contributed by atoms with E-state index < -0.39 is 6.72 Å². The Hall–Kier alpha value is -1.34. The van der Waals surface area contributed by atoms with E-state index in [0.717, 1.165) is 0 Å². The largest absolute Gasteiger partial charge is 0.388 e. The molecule has 0 amide bonds. The van der Waals surface area contributed by atoms with E-state index in [1.807, 2.05) is 0 Å². The van der Waals surface area contributed by atoms with Crippen molar-refractivity contribution in [3.05, 3.63) is 30.7 Å². The average Bonchev–Trinajstić information content (AvgIpc) is 2.65. The van der Waals surface area contributed by atoms with Crippen molar-refractivity contribution in [1.82, 2.24) is 19.7 Å². The van der Waals surface area contributed by atoms with Crippen molar-refractivity contribution in [3.63, 3.8) is 0 Å². The molecule has 2 N–H and O–H groups in total. The van der Waals surface area contributed by atoms with E-state index >= 15 is 0 Å². The third-order valence-electron chi connectivity index (χ3n) is 1.56. The molecule has 0 aromatic carbocycles. The fourth-order valence-corrected chi connectivity index (χ4v) is 1.49. The van der Waals surface area contributed by atoms with Gasteiger partial charge in [-0.3, -0.25) is 0 Å². The molecule has 0 saturated carbocycles. The minimum Gasteiger partial charge on any atom is -0.388 e. The molecule has 2 aromatic heterocycles. The van der Waals surface area contributed by atoms with E-state index in [0.29, 0.717) is 5.82 Å². The van der Waals surface area contributed by atoms with Crippen molar-refractivity contribution in [1.29, 1.82) is 0 Å². The zero-order valence-corrected chi connectivity index (χ0v) is 9.54. The maximum absolute atomic E-state index is 8.91. The molecule has 2 aromatic rings. The van der Waals surface area contributed by atoms with Gasteiger partial charge >= 0.3 is 12.7 Å². The second-order valence-electron chi connectivity index (χ2n) is 2.74. The molecule has 0 fully saturated rings. The normalized spacial score (nSPS) is 11.4. The number of rotatable bonds is 3. The van der Waals surface area contributed by atoms with Crippen LogP contribution in [0.2, 0.25) is 0 Å². The third kappa shape index (κ3) is 2.83. The molecule has 7 nitrogen and oxygen atoms in total. The third-order valence-corrected chi connectivity index (χ3v) is 2.18. The topological polar surface area (TPSA) is 93.3 Å². The summed E-state index contributed by atoms with van der Waals surface area (Å²) in [5.41, 5.74) is 0. The number of nitrogens with zero attached hydrogens (tertiary/aromatic N) is 4. The lowest BCUT2D eigenvalue weighted by Gasteiger charge is -2.04. The van der Waals surface area contributed by atoms with Crippen molar-refractivity contribution in [2.75, 3.05) is 0 Å². The van der Waals surface area contributed by atoms with Crippen molar-refractivity contribution in [2.45, 2.75) is 0 Å². The van der Waals surface area contributed by atoms with Crippen LogP contribution in [-0.2, 0) is 11.8 Å². The summed E-state index contributed by atoms with van der Waals surface area (Å²) in [6, 6.07) is 5.07. The molecular weight excluding hydrogens is 251 g/mol. The van der Waals surface area contributed by atoms with Crippen molar-refractivity contribution in [2.24, 2.45) is 0 Å². The SMILES string of the molecule is OP(O)(=S)Oc1ncn(-c2ccccn2)n1. The average molecular weight is 258 g/mol. The summed E-state index contributed by atoms with van der Waals surface area (Å²) in [5.74, 6) is 0.536. The summed E-state index contributed by atoms with van der Waals surface area (Å²) in [4.78, 5) is 25.5. The molecule has 2 heterocycles. The van der Waals surface area contributed by atoms with Crippen molar-refractivity contribution < 1.29 is 14.3 Å². The van der Waals surface area contributed by atoms with Crippen LogP contribution in [0.1, 0.15) is 0 Å². The molecule has 0 spiro atoms. The lowest BCUT2D eigenvalue weighted by molar-refractivity contribution is 0.357. The van der Waals surface area contributed by atoms with Gasteiger partial charge < -0.3 is 14.3 Å². The highest BCUT2D eigenvalue weighted by atomic mass is 32.5. The Kier molecular flexibility index (Phi) is 2.97. The number of hydrogen-bond acceptors (Lipinski definition) is 5. The Morgan fingerprint density at radius 3 is 2.75 bits per heavy atom. The molecule has 0 atom stereocenters. The Balaban J connectivity index is 2.24. The van der Waals surface area contributed by atoms with Gasteiger partial charge in [0.2, 0.25) is 0 Å². The molecule has 9 heteroatoms. The van der Waals surface area contributed by atoms with Crippen LogP contribution in [-0.4, -0.2) is 29.5 Å². The monoisotopic (exact) mass is 258 g/mol. The molecule has 2 rings (SSSR count). The van der Waals surface area contributed by atoms with Crippen LogP contribution in [0.15, 0.2) is 30.7 Å². The second-order valence-corrected chi connectivity index (χ2v) is 5.33. The van der Waals surface area contributed by atoms with E-state index in [9.17, 15) is 0 Å². The standard InChI is InChI=1S/C7H7N4O3PS/c12-15(13,16)14-7-9-5-11(10-7)6-3-1-2-4-8-6/h1-5H,(H2,12,13,16). The van der Waals surface area contributed by atoms with E-state index in [-0.39, 0.29) is 6.01 Å². The van der Waals surface area contributed by atoms with Crippen LogP contribution in [0, 0.1) is 0 Å². The number of aromatic nitrogens is 4. The van der Waals surface area contributed by atoms with Gasteiger partial charge in [-0.25, -0.2) is 4.98 Å². The Bertz CT molecular complexity index is 525. The molecule has 0 bridgehead atoms. The zero-order chi connectivity index (χ0) is 11.6. The van der Waals surface area contributed by atoms with Gasteiger partial charge in [-0.15, -0.1) is 5.10 Å².